The molecule has 5 unspecified atom stereocenters. The maximum absolute atomic E-state index is 12.1. The van der Waals surface area contributed by atoms with Crippen LogP contribution in [0, 0.1) is 17.8 Å². The molecule has 3 fully saturated rings. The summed E-state index contributed by atoms with van der Waals surface area (Å²) in [7, 11) is 0. The minimum absolute atomic E-state index is 0.0819. The molecule has 3 rings (SSSR count). The summed E-state index contributed by atoms with van der Waals surface area (Å²) >= 11 is 0. The van der Waals surface area contributed by atoms with E-state index in [4.69, 9.17) is 0 Å². The van der Waals surface area contributed by atoms with E-state index in [-0.39, 0.29) is 11.9 Å². The number of piperidine rings is 1. The van der Waals surface area contributed by atoms with Crippen molar-refractivity contribution < 1.29 is 4.79 Å². The van der Waals surface area contributed by atoms with Gasteiger partial charge in [0.2, 0.25) is 5.91 Å². The van der Waals surface area contributed by atoms with Gasteiger partial charge in [-0.1, -0.05) is 19.8 Å². The van der Waals surface area contributed by atoms with E-state index in [0.29, 0.717) is 6.04 Å². The van der Waals surface area contributed by atoms with Gasteiger partial charge >= 0.3 is 0 Å². The predicted octanol–water partition coefficient (Wildman–Crippen LogP) is 2.07. The average Bonchev–Trinajstić information content (AvgIpc) is 3.11. The van der Waals surface area contributed by atoms with Crippen molar-refractivity contribution in [3.63, 3.8) is 0 Å². The van der Waals surface area contributed by atoms with Gasteiger partial charge in [-0.2, -0.15) is 0 Å². The molecule has 0 bridgehead atoms. The Morgan fingerprint density at radius 2 is 2.00 bits per heavy atom. The quantitative estimate of drug-likeness (QED) is 0.805. The summed E-state index contributed by atoms with van der Waals surface area (Å²) in [6.45, 7) is 3.16. The van der Waals surface area contributed by atoms with Crippen molar-refractivity contribution in [1.29, 1.82) is 0 Å². The molecule has 1 amide bonds. The number of fused-ring (bicyclic) bond motifs is 1. The van der Waals surface area contributed by atoms with Gasteiger partial charge in [-0.25, -0.2) is 0 Å². The third kappa shape index (κ3) is 2.71. The summed E-state index contributed by atoms with van der Waals surface area (Å²) in [6, 6.07) is 0.696. The third-order valence-electron chi connectivity index (χ3n) is 5.28. The highest BCUT2D eigenvalue weighted by Gasteiger charge is 2.36. The van der Waals surface area contributed by atoms with Crippen LogP contribution in [0.25, 0.3) is 0 Å². The van der Waals surface area contributed by atoms with Crippen LogP contribution in [-0.2, 0) is 4.79 Å². The first-order valence-corrected chi connectivity index (χ1v) is 7.78. The van der Waals surface area contributed by atoms with Crippen LogP contribution >= 0.6 is 0 Å². The summed E-state index contributed by atoms with van der Waals surface area (Å²) in [4.78, 5) is 12.1. The minimum atomic E-state index is 0.0819. The SMILES string of the molecule is CC1CC1CNC(=O)C1CCC2CCCCC2N1. The summed E-state index contributed by atoms with van der Waals surface area (Å²) in [5.74, 6) is 2.66. The lowest BCUT2D eigenvalue weighted by Gasteiger charge is -2.39. The lowest BCUT2D eigenvalue weighted by Crippen LogP contribution is -2.55. The predicted molar refractivity (Wildman–Crippen MR) is 72.2 cm³/mol. The Hall–Kier alpha value is -0.570. The normalized spacial score (nSPS) is 43.1. The van der Waals surface area contributed by atoms with Crippen LogP contribution in [0.5, 0.6) is 0 Å². The summed E-state index contributed by atoms with van der Waals surface area (Å²) in [5, 5.41) is 6.74. The van der Waals surface area contributed by atoms with Crippen LogP contribution in [0.2, 0.25) is 0 Å². The number of carbonyl (C=O) groups is 1. The maximum atomic E-state index is 12.1. The number of hydrogen-bond acceptors (Lipinski definition) is 2. The van der Waals surface area contributed by atoms with Crippen molar-refractivity contribution in [3.8, 4) is 0 Å². The molecular formula is C15H26N2O. The lowest BCUT2D eigenvalue weighted by molar-refractivity contribution is -0.124. The van der Waals surface area contributed by atoms with E-state index in [9.17, 15) is 4.79 Å². The number of rotatable bonds is 3. The van der Waals surface area contributed by atoms with Crippen molar-refractivity contribution in [2.75, 3.05) is 6.54 Å². The molecule has 18 heavy (non-hydrogen) atoms. The summed E-state index contributed by atoms with van der Waals surface area (Å²) in [6.07, 6.45) is 8.94. The molecule has 0 spiro atoms. The zero-order valence-electron chi connectivity index (χ0n) is 11.5. The van der Waals surface area contributed by atoms with Crippen LogP contribution in [0.1, 0.15) is 51.9 Å². The van der Waals surface area contributed by atoms with Gasteiger partial charge in [0.1, 0.15) is 0 Å². The average molecular weight is 250 g/mol. The highest BCUT2D eigenvalue weighted by atomic mass is 16.2. The van der Waals surface area contributed by atoms with Crippen molar-refractivity contribution >= 4 is 5.91 Å². The van der Waals surface area contributed by atoms with E-state index in [0.717, 1.165) is 30.7 Å². The first kappa shape index (κ1) is 12.5. The molecule has 0 aromatic carbocycles. The Morgan fingerprint density at radius 3 is 2.78 bits per heavy atom. The molecule has 3 aliphatic rings. The van der Waals surface area contributed by atoms with Crippen molar-refractivity contribution in [1.82, 2.24) is 10.6 Å². The van der Waals surface area contributed by atoms with Gasteiger partial charge in [0.15, 0.2) is 0 Å². The molecule has 2 aliphatic carbocycles. The first-order chi connectivity index (χ1) is 8.74. The number of hydrogen-bond donors (Lipinski definition) is 2. The Kier molecular flexibility index (Phi) is 3.60. The molecule has 1 saturated heterocycles. The zero-order valence-corrected chi connectivity index (χ0v) is 11.5. The molecule has 2 N–H and O–H groups in total. The van der Waals surface area contributed by atoms with Gasteiger partial charge in [0.05, 0.1) is 6.04 Å². The van der Waals surface area contributed by atoms with Gasteiger partial charge in [-0.3, -0.25) is 4.79 Å². The number of nitrogens with one attached hydrogen (secondary N) is 2. The number of carbonyl (C=O) groups excluding carboxylic acids is 1. The van der Waals surface area contributed by atoms with Crippen LogP contribution in [0.3, 0.4) is 0 Å². The van der Waals surface area contributed by atoms with E-state index in [1.54, 1.807) is 0 Å². The van der Waals surface area contributed by atoms with Crippen LogP contribution in [0.4, 0.5) is 0 Å². The van der Waals surface area contributed by atoms with Crippen LogP contribution in [-0.4, -0.2) is 24.5 Å². The number of amides is 1. The molecular weight excluding hydrogens is 224 g/mol. The summed E-state index contributed by atoms with van der Waals surface area (Å²) in [5.41, 5.74) is 0. The largest absolute Gasteiger partial charge is 0.354 e. The van der Waals surface area contributed by atoms with Crippen molar-refractivity contribution in [2.45, 2.75) is 64.0 Å². The molecule has 3 nitrogen and oxygen atoms in total. The molecule has 102 valence electrons. The fourth-order valence-electron chi connectivity index (χ4n) is 3.74. The second-order valence-electron chi connectivity index (χ2n) is 6.67. The Labute approximate surface area is 110 Å². The smallest absolute Gasteiger partial charge is 0.237 e. The van der Waals surface area contributed by atoms with Crippen molar-refractivity contribution in [2.24, 2.45) is 17.8 Å². The van der Waals surface area contributed by atoms with E-state index in [1.807, 2.05) is 0 Å². The third-order valence-corrected chi connectivity index (χ3v) is 5.28. The van der Waals surface area contributed by atoms with E-state index >= 15 is 0 Å². The maximum Gasteiger partial charge on any atom is 0.237 e. The van der Waals surface area contributed by atoms with Crippen LogP contribution < -0.4 is 10.6 Å². The molecule has 5 atom stereocenters. The fourth-order valence-corrected chi connectivity index (χ4v) is 3.74. The van der Waals surface area contributed by atoms with Gasteiger partial charge in [-0.15, -0.1) is 0 Å². The topological polar surface area (TPSA) is 41.1 Å². The minimum Gasteiger partial charge on any atom is -0.354 e. The Bertz CT molecular complexity index is 318. The standard InChI is InChI=1S/C15H26N2O/c1-10-8-12(10)9-16-15(18)14-7-6-11-4-2-3-5-13(11)17-14/h10-14,17H,2-9H2,1H3,(H,16,18). The second-order valence-corrected chi connectivity index (χ2v) is 6.67. The molecule has 3 heteroatoms. The van der Waals surface area contributed by atoms with Crippen molar-refractivity contribution in [3.05, 3.63) is 0 Å². The molecule has 2 saturated carbocycles. The molecule has 0 aromatic heterocycles. The highest BCUT2D eigenvalue weighted by molar-refractivity contribution is 5.81. The molecule has 1 aliphatic heterocycles. The molecule has 0 radical (unpaired) electrons. The Morgan fingerprint density at radius 1 is 1.22 bits per heavy atom. The van der Waals surface area contributed by atoms with Gasteiger partial charge < -0.3 is 10.6 Å². The molecule has 0 aromatic rings. The second kappa shape index (κ2) is 5.20. The van der Waals surface area contributed by atoms with Crippen LogP contribution in [0.15, 0.2) is 0 Å². The lowest BCUT2D eigenvalue weighted by atomic mass is 9.77. The van der Waals surface area contributed by atoms with E-state index in [2.05, 4.69) is 17.6 Å². The van der Waals surface area contributed by atoms with Gasteiger partial charge in [-0.05, 0) is 49.9 Å². The Balaban J connectivity index is 1.45. The van der Waals surface area contributed by atoms with Gasteiger partial charge in [0, 0.05) is 12.6 Å². The highest BCUT2D eigenvalue weighted by Crippen LogP contribution is 2.37. The van der Waals surface area contributed by atoms with Gasteiger partial charge in [0.25, 0.3) is 0 Å². The van der Waals surface area contributed by atoms with E-state index in [1.165, 1.54) is 38.5 Å². The fraction of sp³-hybridized carbons (Fsp3) is 0.933. The summed E-state index contributed by atoms with van der Waals surface area (Å²) < 4.78 is 0. The van der Waals surface area contributed by atoms with E-state index < -0.39 is 0 Å². The zero-order chi connectivity index (χ0) is 12.5. The monoisotopic (exact) mass is 250 g/mol. The molecule has 1 heterocycles. The first-order valence-electron chi connectivity index (χ1n) is 7.78.